The third kappa shape index (κ3) is 1.88. The van der Waals surface area contributed by atoms with Gasteiger partial charge in [0, 0.05) is 24.3 Å². The highest BCUT2D eigenvalue weighted by Gasteiger charge is 2.47. The zero-order chi connectivity index (χ0) is 13.6. The maximum atomic E-state index is 4.06. The Morgan fingerprint density at radius 1 is 1.30 bits per heavy atom. The zero-order valence-electron chi connectivity index (χ0n) is 11.7. The van der Waals surface area contributed by atoms with Crippen LogP contribution >= 0.6 is 0 Å². The van der Waals surface area contributed by atoms with Gasteiger partial charge >= 0.3 is 0 Å². The molecule has 1 aromatic heterocycles. The van der Waals surface area contributed by atoms with Gasteiger partial charge in [0.2, 0.25) is 0 Å². The summed E-state index contributed by atoms with van der Waals surface area (Å²) in [5.41, 5.74) is 2.94. The summed E-state index contributed by atoms with van der Waals surface area (Å²) in [4.78, 5) is 0. The number of hydrogen-bond donors (Lipinski definition) is 1. The molecule has 2 aliphatic rings. The first kappa shape index (κ1) is 11.9. The maximum absolute atomic E-state index is 4.06. The lowest BCUT2D eigenvalue weighted by Gasteiger charge is -2.54. The predicted octanol–water partition coefficient (Wildman–Crippen LogP) is 2.62. The molecule has 2 aromatic rings. The van der Waals surface area contributed by atoms with E-state index in [1.54, 1.807) is 4.68 Å². The third-order valence-electron chi connectivity index (χ3n) is 4.88. The number of nitrogens with one attached hydrogen (secondary N) is 1. The second kappa shape index (κ2) is 4.30. The van der Waals surface area contributed by atoms with Crippen molar-refractivity contribution in [2.24, 2.45) is 12.5 Å². The SMILES string of the molecule is Cn1nnnc1-c1cccc(NC2CC3(CCC3)C2)c1. The van der Waals surface area contributed by atoms with E-state index in [0.29, 0.717) is 11.5 Å². The molecule has 0 aliphatic heterocycles. The Kier molecular flexibility index (Phi) is 2.55. The molecule has 1 aromatic carbocycles. The molecule has 1 spiro atoms. The summed E-state index contributed by atoms with van der Waals surface area (Å²) in [5, 5.41) is 15.3. The van der Waals surface area contributed by atoms with Crippen molar-refractivity contribution in [3.63, 3.8) is 0 Å². The summed E-state index contributed by atoms with van der Waals surface area (Å²) in [6, 6.07) is 9.01. The van der Waals surface area contributed by atoms with E-state index in [4.69, 9.17) is 0 Å². The first-order valence-corrected chi connectivity index (χ1v) is 7.34. The van der Waals surface area contributed by atoms with Crippen LogP contribution in [0.3, 0.4) is 0 Å². The van der Waals surface area contributed by atoms with Crippen molar-refractivity contribution in [3.8, 4) is 11.4 Å². The molecule has 104 valence electrons. The largest absolute Gasteiger partial charge is 0.382 e. The summed E-state index contributed by atoms with van der Waals surface area (Å²) in [6.07, 6.45) is 6.98. The summed E-state index contributed by atoms with van der Waals surface area (Å²) in [6.45, 7) is 0. The number of benzene rings is 1. The number of nitrogens with zero attached hydrogens (tertiary/aromatic N) is 4. The molecule has 5 nitrogen and oxygen atoms in total. The maximum Gasteiger partial charge on any atom is 0.181 e. The van der Waals surface area contributed by atoms with Gasteiger partial charge in [-0.25, -0.2) is 4.68 Å². The van der Waals surface area contributed by atoms with Crippen molar-refractivity contribution in [1.82, 2.24) is 20.2 Å². The summed E-state index contributed by atoms with van der Waals surface area (Å²) >= 11 is 0. The average molecular weight is 269 g/mol. The van der Waals surface area contributed by atoms with Gasteiger partial charge in [0.15, 0.2) is 5.82 Å². The topological polar surface area (TPSA) is 55.6 Å². The van der Waals surface area contributed by atoms with E-state index < -0.39 is 0 Å². The van der Waals surface area contributed by atoms with Crippen LogP contribution in [0.5, 0.6) is 0 Å². The Labute approximate surface area is 118 Å². The lowest BCUT2D eigenvalue weighted by molar-refractivity contribution is 0.0192. The van der Waals surface area contributed by atoms with Crippen LogP contribution in [-0.4, -0.2) is 26.2 Å². The molecule has 5 heteroatoms. The number of anilines is 1. The van der Waals surface area contributed by atoms with Crippen molar-refractivity contribution in [1.29, 1.82) is 0 Å². The number of aryl methyl sites for hydroxylation is 1. The second-order valence-corrected chi connectivity index (χ2v) is 6.31. The minimum Gasteiger partial charge on any atom is -0.382 e. The van der Waals surface area contributed by atoms with Gasteiger partial charge in [-0.05, 0) is 53.7 Å². The fraction of sp³-hybridized carbons (Fsp3) is 0.533. The number of hydrogen-bond acceptors (Lipinski definition) is 4. The number of tetrazole rings is 1. The first-order chi connectivity index (χ1) is 9.74. The first-order valence-electron chi connectivity index (χ1n) is 7.34. The molecule has 0 amide bonds. The molecule has 1 N–H and O–H groups in total. The Morgan fingerprint density at radius 3 is 2.80 bits per heavy atom. The highest BCUT2D eigenvalue weighted by atomic mass is 15.5. The van der Waals surface area contributed by atoms with Crippen molar-refractivity contribution in [3.05, 3.63) is 24.3 Å². The van der Waals surface area contributed by atoms with Crippen LogP contribution in [0.15, 0.2) is 24.3 Å². The van der Waals surface area contributed by atoms with E-state index in [1.165, 1.54) is 37.8 Å². The van der Waals surface area contributed by atoms with Crippen LogP contribution in [0.1, 0.15) is 32.1 Å². The number of aromatic nitrogens is 4. The molecule has 1 heterocycles. The Morgan fingerprint density at radius 2 is 2.15 bits per heavy atom. The van der Waals surface area contributed by atoms with E-state index in [1.807, 2.05) is 13.1 Å². The quantitative estimate of drug-likeness (QED) is 0.930. The fourth-order valence-electron chi connectivity index (χ4n) is 3.63. The van der Waals surface area contributed by atoms with Gasteiger partial charge in [-0.3, -0.25) is 0 Å². The Bertz CT molecular complexity index is 621. The lowest BCUT2D eigenvalue weighted by atomic mass is 9.54. The number of rotatable bonds is 3. The molecule has 0 radical (unpaired) electrons. The van der Waals surface area contributed by atoms with Crippen LogP contribution in [0.4, 0.5) is 5.69 Å². The van der Waals surface area contributed by atoms with Gasteiger partial charge in [-0.2, -0.15) is 0 Å². The van der Waals surface area contributed by atoms with E-state index >= 15 is 0 Å². The van der Waals surface area contributed by atoms with Crippen LogP contribution < -0.4 is 5.32 Å². The van der Waals surface area contributed by atoms with Crippen molar-refractivity contribution in [2.75, 3.05) is 5.32 Å². The molecule has 2 fully saturated rings. The molecular weight excluding hydrogens is 250 g/mol. The fourth-order valence-corrected chi connectivity index (χ4v) is 3.63. The van der Waals surface area contributed by atoms with Crippen molar-refractivity contribution in [2.45, 2.75) is 38.1 Å². The van der Waals surface area contributed by atoms with Crippen LogP contribution in [-0.2, 0) is 7.05 Å². The normalized spacial score (nSPS) is 20.4. The zero-order valence-corrected chi connectivity index (χ0v) is 11.7. The minimum absolute atomic E-state index is 0.642. The highest BCUT2D eigenvalue weighted by molar-refractivity contribution is 5.62. The smallest absolute Gasteiger partial charge is 0.181 e. The lowest BCUT2D eigenvalue weighted by Crippen LogP contribution is -2.49. The monoisotopic (exact) mass is 269 g/mol. The molecule has 2 saturated carbocycles. The summed E-state index contributed by atoms with van der Waals surface area (Å²) < 4.78 is 1.70. The van der Waals surface area contributed by atoms with Gasteiger partial charge in [0.05, 0.1) is 0 Å². The second-order valence-electron chi connectivity index (χ2n) is 6.31. The van der Waals surface area contributed by atoms with Crippen LogP contribution in [0.2, 0.25) is 0 Å². The molecule has 4 rings (SSSR count). The average Bonchev–Trinajstić information content (AvgIpc) is 2.78. The van der Waals surface area contributed by atoms with E-state index in [0.717, 1.165) is 11.4 Å². The van der Waals surface area contributed by atoms with Crippen molar-refractivity contribution < 1.29 is 0 Å². The minimum atomic E-state index is 0.642. The Balaban J connectivity index is 1.48. The summed E-state index contributed by atoms with van der Waals surface area (Å²) in [5.74, 6) is 0.803. The van der Waals surface area contributed by atoms with E-state index in [2.05, 4.69) is 39.0 Å². The standard InChI is InChI=1S/C15H19N5/c1-20-14(17-18-19-20)11-4-2-5-12(8-11)16-13-9-15(10-13)6-3-7-15/h2,4-5,8,13,16H,3,6-7,9-10H2,1H3. The molecule has 2 aliphatic carbocycles. The molecule has 0 atom stereocenters. The van der Waals surface area contributed by atoms with Crippen LogP contribution in [0, 0.1) is 5.41 Å². The van der Waals surface area contributed by atoms with Gasteiger partial charge < -0.3 is 5.32 Å². The molecule has 0 bridgehead atoms. The summed E-state index contributed by atoms with van der Waals surface area (Å²) in [7, 11) is 1.86. The van der Waals surface area contributed by atoms with Crippen LogP contribution in [0.25, 0.3) is 11.4 Å². The Hall–Kier alpha value is -1.91. The molecule has 0 unspecified atom stereocenters. The third-order valence-corrected chi connectivity index (χ3v) is 4.88. The highest BCUT2D eigenvalue weighted by Crippen LogP contribution is 2.56. The van der Waals surface area contributed by atoms with Gasteiger partial charge in [0.1, 0.15) is 0 Å². The van der Waals surface area contributed by atoms with E-state index in [9.17, 15) is 0 Å². The molecular formula is C15H19N5. The predicted molar refractivity (Wildman–Crippen MR) is 77.2 cm³/mol. The van der Waals surface area contributed by atoms with Gasteiger partial charge in [-0.1, -0.05) is 18.6 Å². The van der Waals surface area contributed by atoms with Gasteiger partial charge in [-0.15, -0.1) is 5.10 Å². The van der Waals surface area contributed by atoms with E-state index in [-0.39, 0.29) is 0 Å². The van der Waals surface area contributed by atoms with Crippen molar-refractivity contribution >= 4 is 5.69 Å². The molecule has 20 heavy (non-hydrogen) atoms. The van der Waals surface area contributed by atoms with Gasteiger partial charge in [0.25, 0.3) is 0 Å². The molecule has 0 saturated heterocycles.